The predicted octanol–water partition coefficient (Wildman–Crippen LogP) is 9.36. The first kappa shape index (κ1) is 53.1. The molecule has 2 spiro atoms. The van der Waals surface area contributed by atoms with Crippen LogP contribution in [-0.2, 0) is 32.1 Å². The fourth-order valence-corrected chi connectivity index (χ4v) is 26.4. The highest BCUT2D eigenvalue weighted by atomic mass is 33.1. The van der Waals surface area contributed by atoms with Crippen molar-refractivity contribution < 1.29 is 44.6 Å². The number of esters is 1. The minimum absolute atomic E-state index is 0.0174. The summed E-state index contributed by atoms with van der Waals surface area (Å²) in [6, 6.07) is 16.8. The minimum atomic E-state index is -2.19. The van der Waals surface area contributed by atoms with Gasteiger partial charge in [-0.15, -0.1) is 0 Å². The van der Waals surface area contributed by atoms with Crippen LogP contribution in [-0.4, -0.2) is 104 Å². The second-order valence-corrected chi connectivity index (χ2v) is 31.3. The molecular weight excluding hydrogens is 1030 g/mol. The summed E-state index contributed by atoms with van der Waals surface area (Å²) in [5.41, 5.74) is -3.85. The smallest absolute Gasteiger partial charge is 0.331 e. The Bertz CT molecular complexity index is 2860. The molecule has 0 amide bonds. The van der Waals surface area contributed by atoms with Gasteiger partial charge < -0.3 is 45.1 Å². The van der Waals surface area contributed by atoms with Crippen molar-refractivity contribution in [3.8, 4) is 11.8 Å². The molecule has 0 radical (unpaired) electrons. The Hall–Kier alpha value is -2.70. The van der Waals surface area contributed by atoms with Gasteiger partial charge in [0.25, 0.3) is 0 Å². The van der Waals surface area contributed by atoms with Gasteiger partial charge in [-0.05, 0) is 210 Å². The van der Waals surface area contributed by atoms with Crippen LogP contribution in [0.1, 0.15) is 151 Å². The molecule has 0 aromatic heterocycles. The summed E-state index contributed by atoms with van der Waals surface area (Å²) >= 11 is 0. The first-order valence-corrected chi connectivity index (χ1v) is 33.8. The van der Waals surface area contributed by atoms with E-state index in [1.165, 1.54) is 24.8 Å². The Kier molecular flexibility index (Phi) is 12.9. The largest absolute Gasteiger partial charge is 0.454 e. The van der Waals surface area contributed by atoms with Crippen LogP contribution in [0.2, 0.25) is 0 Å². The number of likely N-dealkylation sites (N-methyl/N-ethyl adjacent to an activating group) is 1. The SMILES string of the molecule is CN[C@H]1Cc2c(cccc2CO)C#CCC[C@]23CC[C@H]4[C@@](O)([C@@H](O)[C@H]5C[C@@H]6CC[C@@H]7[C@H]8O[C@H](CSSC[C@H]9CC[C@H](C9)[C@@H]6C)C[C@H]6C[C@H]9C[C@@H](c%10ccccc%10)CC[C@H]9[C@]68C[C@@]4(C=O)[C@@]75O)[C@@]2(O)C[C@@H]2C[C@H]1[C@H]1OC(=O)C=C1[C@@H]23. The summed E-state index contributed by atoms with van der Waals surface area (Å²) < 4.78 is 14.2. The molecule has 14 aliphatic rings. The van der Waals surface area contributed by atoms with E-state index in [-0.39, 0.29) is 72.8 Å². The lowest BCUT2D eigenvalue weighted by molar-refractivity contribution is -0.394. The van der Waals surface area contributed by atoms with E-state index in [0.717, 1.165) is 78.6 Å². The summed E-state index contributed by atoms with van der Waals surface area (Å²) in [5.74, 6) is 8.77. The number of aliphatic hydroxyl groups excluding tert-OH is 2. The molecule has 12 heteroatoms. The van der Waals surface area contributed by atoms with E-state index >= 15 is 15.0 Å². The van der Waals surface area contributed by atoms with E-state index in [9.17, 15) is 20.1 Å². The minimum Gasteiger partial charge on any atom is -0.454 e. The van der Waals surface area contributed by atoms with Crippen molar-refractivity contribution in [2.24, 2.45) is 93.2 Å². The molecule has 10 bridgehead atoms. The molecule has 10 nitrogen and oxygen atoms in total. The van der Waals surface area contributed by atoms with E-state index in [1.54, 1.807) is 6.08 Å². The molecule has 2 saturated heterocycles. The highest BCUT2D eigenvalue weighted by Crippen LogP contribution is 2.81. The second kappa shape index (κ2) is 19.2. The van der Waals surface area contributed by atoms with Crippen molar-refractivity contribution in [2.75, 3.05) is 18.6 Å². The van der Waals surface area contributed by atoms with Gasteiger partial charge in [0.15, 0.2) is 0 Å². The van der Waals surface area contributed by atoms with Crippen LogP contribution in [0, 0.1) is 105 Å². The van der Waals surface area contributed by atoms with Gasteiger partial charge in [-0.2, -0.15) is 0 Å². The maximum absolute atomic E-state index is 15.7. The standard InChI is InChI=1S/C67H85NO9S2/c1-37-41-15-14-38(23-41)33-78-79-34-48-28-47-25-45-24-43(39-9-4-3-5-10-39)17-18-52(45)64(47)35-63(36-70)56-20-22-62-21-7-6-11-40-12-8-13-44(32-69)49(40)29-55(68-2)50-26-46(58(62)51-30-57(71)77-59(50)51)31-65(62,73)67(56,75)60(72)54-27-42(37)16-19-53(61(64)76-48)66(54,63)74/h3-5,8-10,12-13,30,36-38,41-43,45-48,50,52-56,58-61,68-69,72-75H,7,14-29,31-35H2,1-2H3/t37-,38-,41+,42-,43-,45+,46-,47+,48-,50+,52+,53+,54+,55-,56+,58+,59+,60-,61+,62+,63-,64-,65+,66+,67+/m0/s1. The van der Waals surface area contributed by atoms with Gasteiger partial charge in [0.05, 0.1) is 35.9 Å². The Balaban J connectivity index is 0.913. The molecule has 2 aromatic carbocycles. The zero-order valence-electron chi connectivity index (χ0n) is 46.5. The van der Waals surface area contributed by atoms with Crippen LogP contribution < -0.4 is 5.32 Å². The normalized spacial score (nSPS) is 51.8. The van der Waals surface area contributed by atoms with Gasteiger partial charge in [-0.3, -0.25) is 0 Å². The van der Waals surface area contributed by atoms with Gasteiger partial charge >= 0.3 is 5.97 Å². The number of fused-ring (bicyclic) bond motifs is 12. The lowest BCUT2D eigenvalue weighted by Crippen LogP contribution is -2.87. The van der Waals surface area contributed by atoms with Crippen LogP contribution >= 0.6 is 21.6 Å². The van der Waals surface area contributed by atoms with E-state index in [0.29, 0.717) is 87.4 Å². The maximum Gasteiger partial charge on any atom is 0.331 e. The first-order chi connectivity index (χ1) is 38.3. The van der Waals surface area contributed by atoms with Crippen molar-refractivity contribution in [1.29, 1.82) is 0 Å². The molecule has 3 heterocycles. The number of rotatable bonds is 4. The van der Waals surface area contributed by atoms with E-state index in [1.807, 2.05) is 46.8 Å². The molecule has 79 heavy (non-hydrogen) atoms. The van der Waals surface area contributed by atoms with Crippen molar-refractivity contribution in [1.82, 2.24) is 5.32 Å². The number of ether oxygens (including phenoxy) is 2. The van der Waals surface area contributed by atoms with Gasteiger partial charge in [0.2, 0.25) is 0 Å². The lowest BCUT2D eigenvalue weighted by atomic mass is 9.31. The number of nitrogens with one attached hydrogen (secondary N) is 1. The molecule has 25 atom stereocenters. The number of carbonyl (C=O) groups is 2. The van der Waals surface area contributed by atoms with Crippen LogP contribution in [0.4, 0.5) is 0 Å². The van der Waals surface area contributed by atoms with Gasteiger partial charge in [0.1, 0.15) is 23.6 Å². The zero-order chi connectivity index (χ0) is 54.0. The van der Waals surface area contributed by atoms with Crippen molar-refractivity contribution in [3.05, 3.63) is 82.4 Å². The number of carbonyl (C=O) groups excluding carboxylic acids is 2. The van der Waals surface area contributed by atoms with Crippen LogP contribution in [0.25, 0.3) is 0 Å². The third-order valence-electron chi connectivity index (χ3n) is 26.7. The molecule has 424 valence electrons. The summed E-state index contributed by atoms with van der Waals surface area (Å²) in [4.78, 5) is 29.6. The van der Waals surface area contributed by atoms with Gasteiger partial charge in [-0.1, -0.05) is 82.8 Å². The summed E-state index contributed by atoms with van der Waals surface area (Å²) in [5, 5.41) is 73.6. The summed E-state index contributed by atoms with van der Waals surface area (Å²) in [6.45, 7) is 2.31. The van der Waals surface area contributed by atoms with Crippen LogP contribution in [0.15, 0.2) is 60.2 Å². The van der Waals surface area contributed by atoms with Crippen molar-refractivity contribution >= 4 is 33.8 Å². The average molecular weight is 1110 g/mol. The lowest BCUT2D eigenvalue weighted by Gasteiger charge is -2.76. The number of hydrogen-bond acceptors (Lipinski definition) is 12. The fraction of sp³-hybridized carbons (Fsp3) is 0.731. The predicted molar refractivity (Wildman–Crippen MR) is 305 cm³/mol. The maximum atomic E-state index is 15.7. The Morgan fingerprint density at radius 1 is 0.823 bits per heavy atom. The molecular formula is C67H85NO9S2. The second-order valence-electron chi connectivity index (χ2n) is 28.8. The zero-order valence-corrected chi connectivity index (χ0v) is 48.1. The topological polar surface area (TPSA) is 166 Å². The molecule has 16 rings (SSSR count). The third kappa shape index (κ3) is 7.12. The highest BCUT2D eigenvalue weighted by Gasteiger charge is 2.88. The molecule has 0 unspecified atom stereocenters. The number of aldehydes is 1. The molecule has 9 saturated carbocycles. The Labute approximate surface area is 476 Å². The third-order valence-corrected chi connectivity index (χ3v) is 29.3. The molecule has 11 aliphatic carbocycles. The van der Waals surface area contributed by atoms with Crippen molar-refractivity contribution in [2.45, 2.75) is 189 Å². The highest BCUT2D eigenvalue weighted by molar-refractivity contribution is 8.76. The van der Waals surface area contributed by atoms with Gasteiger partial charge in [-0.25, -0.2) is 4.79 Å². The van der Waals surface area contributed by atoms with E-state index < -0.39 is 63.0 Å². The molecule has 11 fully saturated rings. The van der Waals surface area contributed by atoms with E-state index in [4.69, 9.17) is 9.47 Å². The Morgan fingerprint density at radius 2 is 1.63 bits per heavy atom. The fourth-order valence-electron chi connectivity index (χ4n) is 23.8. The van der Waals surface area contributed by atoms with E-state index in [2.05, 4.69) is 54.4 Å². The summed E-state index contributed by atoms with van der Waals surface area (Å²) in [6.07, 6.45) is 14.5. The molecule has 6 N–H and O–H groups in total. The number of hydrogen-bond donors (Lipinski definition) is 6. The quantitative estimate of drug-likeness (QED) is 0.0745. The van der Waals surface area contributed by atoms with Crippen molar-refractivity contribution in [3.63, 3.8) is 0 Å². The average Bonchev–Trinajstić information content (AvgIpc) is 1.89. The number of aliphatic hydroxyl groups is 5. The number of benzene rings is 2. The Morgan fingerprint density at radius 3 is 2.46 bits per heavy atom. The van der Waals surface area contributed by atoms with Crippen LogP contribution in [0.5, 0.6) is 0 Å². The van der Waals surface area contributed by atoms with Gasteiger partial charge in [0, 0.05) is 70.1 Å². The molecule has 3 aliphatic heterocycles. The monoisotopic (exact) mass is 1110 g/mol. The first-order valence-electron chi connectivity index (χ1n) is 31.3. The summed E-state index contributed by atoms with van der Waals surface area (Å²) in [7, 11) is 5.96. The molecule has 2 aromatic rings. The van der Waals surface area contributed by atoms with Crippen LogP contribution in [0.3, 0.4) is 0 Å².